The topological polar surface area (TPSA) is 12.0 Å². The lowest BCUT2D eigenvalue weighted by molar-refractivity contribution is 0.339. The summed E-state index contributed by atoms with van der Waals surface area (Å²) in [6.45, 7) is 1.21. The molecule has 1 heteroatoms. The monoisotopic (exact) mass is 173 g/mol. The van der Waals surface area contributed by atoms with E-state index in [4.69, 9.17) is 0 Å². The summed E-state index contributed by atoms with van der Waals surface area (Å²) < 4.78 is 0. The first-order chi connectivity index (χ1) is 6.43. The van der Waals surface area contributed by atoms with Crippen LogP contribution < -0.4 is 5.32 Å². The summed E-state index contributed by atoms with van der Waals surface area (Å²) in [5.74, 6) is 0.844. The van der Waals surface area contributed by atoms with Gasteiger partial charge in [0.25, 0.3) is 0 Å². The smallest absolute Gasteiger partial charge is 0.0113 e. The quantitative estimate of drug-likeness (QED) is 0.633. The van der Waals surface area contributed by atoms with Crippen molar-refractivity contribution in [1.82, 2.24) is 5.32 Å². The Labute approximate surface area is 79.2 Å². The molecule has 1 aromatic rings. The van der Waals surface area contributed by atoms with Crippen molar-refractivity contribution in [3.05, 3.63) is 35.4 Å². The molecule has 2 atom stereocenters. The highest BCUT2D eigenvalue weighted by Crippen LogP contribution is 2.35. The normalized spacial score (nSPS) is 31.1. The van der Waals surface area contributed by atoms with Gasteiger partial charge in [0.2, 0.25) is 0 Å². The Morgan fingerprint density at radius 1 is 1.23 bits per heavy atom. The van der Waals surface area contributed by atoms with Crippen LogP contribution in [0.3, 0.4) is 0 Å². The largest absolute Gasteiger partial charge is 0.314 e. The molecule has 0 amide bonds. The predicted octanol–water partition coefficient (Wildman–Crippen LogP) is 2.08. The molecule has 1 nitrogen and oxygen atoms in total. The van der Waals surface area contributed by atoms with E-state index in [9.17, 15) is 0 Å². The Morgan fingerprint density at radius 2 is 2.15 bits per heavy atom. The van der Waals surface area contributed by atoms with Gasteiger partial charge in [-0.15, -0.1) is 0 Å². The van der Waals surface area contributed by atoms with Crippen molar-refractivity contribution in [2.75, 3.05) is 6.54 Å². The first-order valence-corrected chi connectivity index (χ1v) is 5.24. The van der Waals surface area contributed by atoms with Gasteiger partial charge in [0, 0.05) is 6.04 Å². The molecule has 0 spiro atoms. The molecule has 3 rings (SSSR count). The van der Waals surface area contributed by atoms with E-state index in [1.165, 1.54) is 25.8 Å². The highest BCUT2D eigenvalue weighted by Gasteiger charge is 2.29. The highest BCUT2D eigenvalue weighted by molar-refractivity contribution is 5.34. The maximum atomic E-state index is 3.59. The highest BCUT2D eigenvalue weighted by atomic mass is 14.9. The van der Waals surface area contributed by atoms with Crippen LogP contribution >= 0.6 is 0 Å². The third kappa shape index (κ3) is 1.19. The Hall–Kier alpha value is -0.820. The Bertz CT molecular complexity index is 319. The molecule has 1 aliphatic heterocycles. The van der Waals surface area contributed by atoms with Crippen molar-refractivity contribution < 1.29 is 0 Å². The number of piperidine rings is 1. The van der Waals surface area contributed by atoms with E-state index in [0.717, 1.165) is 12.0 Å². The zero-order valence-electron chi connectivity index (χ0n) is 7.79. The van der Waals surface area contributed by atoms with Gasteiger partial charge in [-0.05, 0) is 42.9 Å². The van der Waals surface area contributed by atoms with Gasteiger partial charge in [-0.25, -0.2) is 0 Å². The summed E-state index contributed by atoms with van der Waals surface area (Å²) in [7, 11) is 0. The molecule has 13 heavy (non-hydrogen) atoms. The van der Waals surface area contributed by atoms with Gasteiger partial charge >= 0.3 is 0 Å². The number of hydrogen-bond acceptors (Lipinski definition) is 1. The number of benzene rings is 1. The van der Waals surface area contributed by atoms with Crippen LogP contribution in [-0.4, -0.2) is 12.6 Å². The molecule has 1 saturated heterocycles. The third-order valence-corrected chi connectivity index (χ3v) is 3.46. The second-order valence-electron chi connectivity index (χ2n) is 4.28. The molecular formula is C12H15N. The van der Waals surface area contributed by atoms with Gasteiger partial charge in [0.15, 0.2) is 0 Å². The van der Waals surface area contributed by atoms with E-state index < -0.39 is 0 Å². The average molecular weight is 173 g/mol. The minimum Gasteiger partial charge on any atom is -0.314 e. The second kappa shape index (κ2) is 2.85. The minimum atomic E-state index is 0.758. The number of hydrogen-bond donors (Lipinski definition) is 1. The van der Waals surface area contributed by atoms with Crippen LogP contribution in [0.5, 0.6) is 0 Å². The second-order valence-corrected chi connectivity index (χ2v) is 4.28. The lowest BCUT2D eigenvalue weighted by Gasteiger charge is -2.36. The third-order valence-electron chi connectivity index (χ3n) is 3.46. The van der Waals surface area contributed by atoms with Crippen LogP contribution in [0, 0.1) is 0 Å². The molecule has 1 aromatic carbocycles. The standard InChI is InChI=1S/C12H15N/c1-2-4-12-9(3-1)7-11-8-10(12)5-6-13-11/h1-4,10-11,13H,5-8H2/t10?,11-/m1/s1. The average Bonchev–Trinajstić information content (AvgIpc) is 2.18. The molecule has 1 N–H and O–H groups in total. The van der Waals surface area contributed by atoms with E-state index in [2.05, 4.69) is 29.6 Å². The molecule has 68 valence electrons. The van der Waals surface area contributed by atoms with Gasteiger partial charge in [-0.1, -0.05) is 24.3 Å². The van der Waals surface area contributed by atoms with Crippen molar-refractivity contribution in [2.45, 2.75) is 31.2 Å². The van der Waals surface area contributed by atoms with Crippen LogP contribution in [0.15, 0.2) is 24.3 Å². The predicted molar refractivity (Wildman–Crippen MR) is 53.9 cm³/mol. The number of fused-ring (bicyclic) bond motifs is 4. The van der Waals surface area contributed by atoms with Crippen LogP contribution in [0.1, 0.15) is 29.9 Å². The molecule has 1 heterocycles. The fourth-order valence-corrected chi connectivity index (χ4v) is 2.83. The van der Waals surface area contributed by atoms with E-state index in [1.807, 2.05) is 0 Å². The molecule has 0 saturated carbocycles. The first-order valence-electron chi connectivity index (χ1n) is 5.24. The van der Waals surface area contributed by atoms with Crippen LogP contribution in [0.4, 0.5) is 0 Å². The van der Waals surface area contributed by atoms with Gasteiger partial charge in [-0.2, -0.15) is 0 Å². The van der Waals surface area contributed by atoms with Gasteiger partial charge < -0.3 is 5.32 Å². The van der Waals surface area contributed by atoms with E-state index in [1.54, 1.807) is 11.1 Å². The summed E-state index contributed by atoms with van der Waals surface area (Å²) in [5.41, 5.74) is 3.20. The Balaban J connectivity index is 2.06. The van der Waals surface area contributed by atoms with Crippen molar-refractivity contribution in [2.24, 2.45) is 0 Å². The van der Waals surface area contributed by atoms with E-state index in [0.29, 0.717) is 0 Å². The van der Waals surface area contributed by atoms with Crippen molar-refractivity contribution in [3.63, 3.8) is 0 Å². The Morgan fingerprint density at radius 3 is 3.15 bits per heavy atom. The van der Waals surface area contributed by atoms with E-state index >= 15 is 0 Å². The molecule has 0 radical (unpaired) electrons. The number of rotatable bonds is 0. The maximum absolute atomic E-state index is 3.59. The zero-order chi connectivity index (χ0) is 8.67. The molecule has 1 aliphatic carbocycles. The fraction of sp³-hybridized carbons (Fsp3) is 0.500. The molecule has 0 aromatic heterocycles. The summed E-state index contributed by atoms with van der Waals surface area (Å²) in [5, 5.41) is 3.59. The molecule has 2 aliphatic rings. The lowest BCUT2D eigenvalue weighted by Crippen LogP contribution is -2.41. The molecule has 1 unspecified atom stereocenters. The van der Waals surface area contributed by atoms with Crippen molar-refractivity contribution in [3.8, 4) is 0 Å². The van der Waals surface area contributed by atoms with E-state index in [-0.39, 0.29) is 0 Å². The summed E-state index contributed by atoms with van der Waals surface area (Å²) >= 11 is 0. The van der Waals surface area contributed by atoms with Gasteiger partial charge in [-0.3, -0.25) is 0 Å². The molecular weight excluding hydrogens is 158 g/mol. The summed E-state index contributed by atoms with van der Waals surface area (Å²) in [6, 6.07) is 9.72. The van der Waals surface area contributed by atoms with Gasteiger partial charge in [0.05, 0.1) is 0 Å². The molecule has 1 fully saturated rings. The van der Waals surface area contributed by atoms with Crippen molar-refractivity contribution in [1.29, 1.82) is 0 Å². The SMILES string of the molecule is c1ccc2c(c1)C[C@@H]1CC2CCN1. The molecule has 2 bridgehead atoms. The van der Waals surface area contributed by atoms with Crippen LogP contribution in [0.2, 0.25) is 0 Å². The van der Waals surface area contributed by atoms with Crippen LogP contribution in [0.25, 0.3) is 0 Å². The van der Waals surface area contributed by atoms with Gasteiger partial charge in [0.1, 0.15) is 0 Å². The maximum Gasteiger partial charge on any atom is 0.0113 e. The lowest BCUT2D eigenvalue weighted by atomic mass is 9.76. The minimum absolute atomic E-state index is 0.758. The first kappa shape index (κ1) is 7.57. The summed E-state index contributed by atoms with van der Waals surface area (Å²) in [4.78, 5) is 0. The van der Waals surface area contributed by atoms with Crippen LogP contribution in [-0.2, 0) is 6.42 Å². The Kier molecular flexibility index (Phi) is 1.66. The van der Waals surface area contributed by atoms with Crippen molar-refractivity contribution >= 4 is 0 Å². The summed E-state index contributed by atoms with van der Waals surface area (Å²) in [6.07, 6.45) is 3.93. The fourth-order valence-electron chi connectivity index (χ4n) is 2.83. The zero-order valence-corrected chi connectivity index (χ0v) is 7.79. The number of nitrogens with one attached hydrogen (secondary N) is 1.